The molecule has 4 aromatic rings. The van der Waals surface area contributed by atoms with Crippen molar-refractivity contribution in [2.24, 2.45) is 0 Å². The minimum Gasteiger partial charge on any atom is -0.497 e. The normalized spacial score (nSPS) is 17.2. The highest BCUT2D eigenvalue weighted by Crippen LogP contribution is 2.28. The fourth-order valence-corrected chi connectivity index (χ4v) is 4.03. The molecular formula is C24H25N5O2. The second-order valence-corrected chi connectivity index (χ2v) is 7.82. The van der Waals surface area contributed by atoms with Crippen molar-refractivity contribution in [2.75, 3.05) is 26.8 Å². The molecule has 0 N–H and O–H groups in total. The number of hydrogen-bond acceptors (Lipinski definition) is 6. The maximum atomic E-state index is 6.07. The topological polar surface area (TPSA) is 64.8 Å². The van der Waals surface area contributed by atoms with E-state index in [9.17, 15) is 0 Å². The standard InChI is InChI=1S/C24H25N5O2/c1-17-4-3-5-20(25-17)15-28-12-13-31-23(16-28)24-22-11-8-19(14-29(22)27-26-24)18-6-9-21(30-2)10-7-18/h3-11,14,23H,12-13,15-16H2,1-2H3/t23-/m0/s1. The summed E-state index contributed by atoms with van der Waals surface area (Å²) in [5, 5.41) is 8.83. The van der Waals surface area contributed by atoms with E-state index in [1.807, 2.05) is 48.0 Å². The van der Waals surface area contributed by atoms with Crippen molar-refractivity contribution < 1.29 is 9.47 Å². The molecule has 0 radical (unpaired) electrons. The number of morpholine rings is 1. The summed E-state index contributed by atoms with van der Waals surface area (Å²) in [6.45, 7) is 5.15. The van der Waals surface area contributed by atoms with Crippen LogP contribution in [0.1, 0.15) is 23.2 Å². The van der Waals surface area contributed by atoms with E-state index >= 15 is 0 Å². The number of benzene rings is 1. The first-order valence-electron chi connectivity index (χ1n) is 10.5. The zero-order valence-corrected chi connectivity index (χ0v) is 17.7. The Hall–Kier alpha value is -3.29. The molecule has 1 aromatic carbocycles. The van der Waals surface area contributed by atoms with Gasteiger partial charge in [-0.05, 0) is 42.8 Å². The Labute approximate surface area is 181 Å². The van der Waals surface area contributed by atoms with Crippen LogP contribution in [0.15, 0.2) is 60.8 Å². The van der Waals surface area contributed by atoms with Crippen LogP contribution in [0.2, 0.25) is 0 Å². The Morgan fingerprint density at radius 2 is 1.90 bits per heavy atom. The second-order valence-electron chi connectivity index (χ2n) is 7.82. The number of pyridine rings is 2. The highest BCUT2D eigenvalue weighted by Gasteiger charge is 2.26. The van der Waals surface area contributed by atoms with Crippen molar-refractivity contribution in [3.63, 3.8) is 0 Å². The van der Waals surface area contributed by atoms with Gasteiger partial charge in [0.1, 0.15) is 17.5 Å². The predicted octanol–water partition coefficient (Wildman–Crippen LogP) is 3.68. The van der Waals surface area contributed by atoms with E-state index in [-0.39, 0.29) is 6.10 Å². The molecule has 0 aliphatic carbocycles. The zero-order chi connectivity index (χ0) is 21.2. The maximum Gasteiger partial charge on any atom is 0.121 e. The molecule has 1 fully saturated rings. The summed E-state index contributed by atoms with van der Waals surface area (Å²) in [6.07, 6.45) is 1.90. The molecule has 1 saturated heterocycles. The van der Waals surface area contributed by atoms with Gasteiger partial charge in [-0.15, -0.1) is 5.10 Å². The molecule has 3 aromatic heterocycles. The van der Waals surface area contributed by atoms with Crippen LogP contribution in [0, 0.1) is 6.92 Å². The van der Waals surface area contributed by atoms with Crippen molar-refractivity contribution >= 4 is 5.52 Å². The third-order valence-corrected chi connectivity index (χ3v) is 5.65. The van der Waals surface area contributed by atoms with Crippen LogP contribution in [0.5, 0.6) is 5.75 Å². The summed E-state index contributed by atoms with van der Waals surface area (Å²) in [5.74, 6) is 0.840. The number of methoxy groups -OCH3 is 1. The molecule has 4 heterocycles. The number of aryl methyl sites for hydroxylation is 1. The molecule has 7 heteroatoms. The van der Waals surface area contributed by atoms with E-state index in [0.717, 1.165) is 59.1 Å². The quantitative estimate of drug-likeness (QED) is 0.495. The molecule has 0 amide bonds. The van der Waals surface area contributed by atoms with Gasteiger partial charge in [0.05, 0.1) is 24.9 Å². The Bertz CT molecular complexity index is 1190. The summed E-state index contributed by atoms with van der Waals surface area (Å²) in [6, 6.07) is 18.3. The monoisotopic (exact) mass is 415 g/mol. The van der Waals surface area contributed by atoms with Crippen LogP contribution in [0.3, 0.4) is 0 Å². The van der Waals surface area contributed by atoms with Gasteiger partial charge in [0.25, 0.3) is 0 Å². The lowest BCUT2D eigenvalue weighted by atomic mass is 10.1. The van der Waals surface area contributed by atoms with Crippen molar-refractivity contribution in [1.82, 2.24) is 24.7 Å². The number of aromatic nitrogens is 4. The predicted molar refractivity (Wildman–Crippen MR) is 118 cm³/mol. The van der Waals surface area contributed by atoms with Gasteiger partial charge in [0.15, 0.2) is 0 Å². The van der Waals surface area contributed by atoms with Crippen molar-refractivity contribution in [3.05, 3.63) is 77.9 Å². The molecule has 7 nitrogen and oxygen atoms in total. The highest BCUT2D eigenvalue weighted by atomic mass is 16.5. The first kappa shape index (κ1) is 19.7. The Balaban J connectivity index is 1.35. The number of fused-ring (bicyclic) bond motifs is 1. The molecule has 158 valence electrons. The summed E-state index contributed by atoms with van der Waals surface area (Å²) >= 11 is 0. The van der Waals surface area contributed by atoms with Gasteiger partial charge in [0.2, 0.25) is 0 Å². The van der Waals surface area contributed by atoms with Gasteiger partial charge in [-0.25, -0.2) is 4.52 Å². The van der Waals surface area contributed by atoms with Gasteiger partial charge in [-0.2, -0.15) is 0 Å². The SMILES string of the molecule is COc1ccc(-c2ccc3c([C@@H]4CN(Cc5cccc(C)n5)CCO4)nnn3c2)cc1. The van der Waals surface area contributed by atoms with Gasteiger partial charge < -0.3 is 9.47 Å². The summed E-state index contributed by atoms with van der Waals surface area (Å²) in [5.41, 5.74) is 6.15. The van der Waals surface area contributed by atoms with Crippen molar-refractivity contribution in [1.29, 1.82) is 0 Å². The van der Waals surface area contributed by atoms with E-state index in [1.165, 1.54) is 0 Å². The lowest BCUT2D eigenvalue weighted by Crippen LogP contribution is -2.38. The fraction of sp³-hybridized carbons (Fsp3) is 0.292. The molecule has 5 rings (SSSR count). The molecule has 0 bridgehead atoms. The average Bonchev–Trinajstić information content (AvgIpc) is 3.23. The molecule has 0 spiro atoms. The van der Waals surface area contributed by atoms with Gasteiger partial charge in [0, 0.05) is 37.1 Å². The van der Waals surface area contributed by atoms with Crippen LogP contribution in [0.4, 0.5) is 0 Å². The third kappa shape index (κ3) is 4.15. The number of rotatable bonds is 5. The van der Waals surface area contributed by atoms with E-state index in [2.05, 4.69) is 44.5 Å². The van der Waals surface area contributed by atoms with Crippen LogP contribution >= 0.6 is 0 Å². The molecule has 1 aliphatic heterocycles. The minimum absolute atomic E-state index is 0.108. The van der Waals surface area contributed by atoms with Gasteiger partial charge in [-0.1, -0.05) is 29.5 Å². The van der Waals surface area contributed by atoms with Crippen LogP contribution in [-0.4, -0.2) is 51.5 Å². The largest absolute Gasteiger partial charge is 0.497 e. The maximum absolute atomic E-state index is 6.07. The third-order valence-electron chi connectivity index (χ3n) is 5.65. The van der Waals surface area contributed by atoms with Crippen molar-refractivity contribution in [2.45, 2.75) is 19.6 Å². The molecule has 1 aliphatic rings. The fourth-order valence-electron chi connectivity index (χ4n) is 4.03. The Kier molecular flexibility index (Phi) is 5.36. The summed E-state index contributed by atoms with van der Waals surface area (Å²) in [7, 11) is 1.67. The Morgan fingerprint density at radius 3 is 2.71 bits per heavy atom. The first-order valence-corrected chi connectivity index (χ1v) is 10.5. The van der Waals surface area contributed by atoms with E-state index in [4.69, 9.17) is 9.47 Å². The molecular weight excluding hydrogens is 390 g/mol. The number of hydrogen-bond donors (Lipinski definition) is 0. The van der Waals surface area contributed by atoms with Gasteiger partial charge >= 0.3 is 0 Å². The van der Waals surface area contributed by atoms with Crippen molar-refractivity contribution in [3.8, 4) is 16.9 Å². The van der Waals surface area contributed by atoms with E-state index in [0.29, 0.717) is 6.61 Å². The van der Waals surface area contributed by atoms with Crippen LogP contribution in [-0.2, 0) is 11.3 Å². The minimum atomic E-state index is -0.108. The molecule has 0 unspecified atom stereocenters. The summed E-state index contributed by atoms with van der Waals surface area (Å²) < 4.78 is 13.2. The van der Waals surface area contributed by atoms with E-state index in [1.54, 1.807) is 7.11 Å². The van der Waals surface area contributed by atoms with Gasteiger partial charge in [-0.3, -0.25) is 9.88 Å². The second kappa shape index (κ2) is 8.45. The average molecular weight is 415 g/mol. The molecule has 0 saturated carbocycles. The number of ether oxygens (including phenoxy) is 2. The first-order chi connectivity index (χ1) is 15.2. The summed E-state index contributed by atoms with van der Waals surface area (Å²) in [4.78, 5) is 7.00. The highest BCUT2D eigenvalue weighted by molar-refractivity contribution is 5.66. The lowest BCUT2D eigenvalue weighted by Gasteiger charge is -2.31. The lowest BCUT2D eigenvalue weighted by molar-refractivity contribution is -0.0346. The van der Waals surface area contributed by atoms with E-state index < -0.39 is 0 Å². The number of nitrogens with zero attached hydrogens (tertiary/aromatic N) is 5. The smallest absolute Gasteiger partial charge is 0.121 e. The van der Waals surface area contributed by atoms with Crippen LogP contribution in [0.25, 0.3) is 16.6 Å². The zero-order valence-electron chi connectivity index (χ0n) is 17.7. The van der Waals surface area contributed by atoms with Crippen LogP contribution < -0.4 is 4.74 Å². The Morgan fingerprint density at radius 1 is 1.06 bits per heavy atom. The molecule has 1 atom stereocenters. The molecule has 31 heavy (non-hydrogen) atoms.